The molecule has 2 rings (SSSR count). The van der Waals surface area contributed by atoms with Crippen molar-refractivity contribution in [1.82, 2.24) is 10.2 Å². The van der Waals surface area contributed by atoms with E-state index in [4.69, 9.17) is 4.42 Å². The van der Waals surface area contributed by atoms with E-state index >= 15 is 0 Å². The quantitative estimate of drug-likeness (QED) is 0.899. The third-order valence-corrected chi connectivity index (χ3v) is 2.91. The number of rotatable bonds is 5. The van der Waals surface area contributed by atoms with Gasteiger partial charge in [0, 0.05) is 24.0 Å². The fourth-order valence-electron chi connectivity index (χ4n) is 2.07. The molecule has 4 heteroatoms. The third kappa shape index (κ3) is 2.96. The van der Waals surface area contributed by atoms with E-state index in [1.54, 1.807) is 0 Å². The van der Waals surface area contributed by atoms with Crippen LogP contribution in [0.2, 0.25) is 0 Å². The molecule has 1 aromatic heterocycles. The van der Waals surface area contributed by atoms with Gasteiger partial charge in [0.05, 0.1) is 0 Å². The maximum Gasteiger partial charge on any atom is 0.287 e. The molecular weight excluding hydrogens is 240 g/mol. The molecule has 4 nitrogen and oxygen atoms in total. The summed E-state index contributed by atoms with van der Waals surface area (Å²) in [6.07, 6.45) is 0.912. The van der Waals surface area contributed by atoms with Gasteiger partial charge in [-0.3, -0.25) is 4.79 Å². The lowest BCUT2D eigenvalue weighted by atomic mass is 10.1. The van der Waals surface area contributed by atoms with Crippen LogP contribution >= 0.6 is 0 Å². The molecule has 0 aliphatic heterocycles. The summed E-state index contributed by atoms with van der Waals surface area (Å²) in [5.41, 5.74) is 1.72. The zero-order valence-corrected chi connectivity index (χ0v) is 11.7. The van der Waals surface area contributed by atoms with Crippen LogP contribution in [-0.4, -0.2) is 31.4 Å². The van der Waals surface area contributed by atoms with E-state index in [0.717, 1.165) is 23.0 Å². The van der Waals surface area contributed by atoms with E-state index in [1.165, 1.54) is 0 Å². The smallest absolute Gasteiger partial charge is 0.287 e. The Balaban J connectivity index is 2.43. The average molecular weight is 260 g/mol. The van der Waals surface area contributed by atoms with Gasteiger partial charge < -0.3 is 14.6 Å². The van der Waals surface area contributed by atoms with Gasteiger partial charge in [-0.2, -0.15) is 0 Å². The number of hydrogen-bond donors (Lipinski definition) is 1. The van der Waals surface area contributed by atoms with Gasteiger partial charge in [-0.05, 0) is 26.6 Å². The highest BCUT2D eigenvalue weighted by Crippen LogP contribution is 2.26. The summed E-state index contributed by atoms with van der Waals surface area (Å²) in [5.74, 6) is 0.304. The molecule has 1 aromatic carbocycles. The number of nitrogens with zero attached hydrogens (tertiary/aromatic N) is 1. The van der Waals surface area contributed by atoms with Crippen molar-refractivity contribution in [2.75, 3.05) is 20.6 Å². The van der Waals surface area contributed by atoms with Gasteiger partial charge in [0.2, 0.25) is 0 Å². The minimum Gasteiger partial charge on any atom is -0.451 e. The van der Waals surface area contributed by atoms with Crippen molar-refractivity contribution in [2.45, 2.75) is 19.9 Å². The maximum atomic E-state index is 12.2. The van der Waals surface area contributed by atoms with Crippen molar-refractivity contribution in [3.8, 4) is 0 Å². The molecule has 0 fully saturated rings. The topological polar surface area (TPSA) is 45.5 Å². The Morgan fingerprint density at radius 2 is 2.05 bits per heavy atom. The first-order valence-electron chi connectivity index (χ1n) is 6.56. The Bertz CT molecular complexity index is 573. The lowest BCUT2D eigenvalue weighted by Crippen LogP contribution is -2.25. The van der Waals surface area contributed by atoms with Gasteiger partial charge in [-0.15, -0.1) is 0 Å². The van der Waals surface area contributed by atoms with Gasteiger partial charge in [-0.1, -0.05) is 25.1 Å². The predicted molar refractivity (Wildman–Crippen MR) is 76.2 cm³/mol. The summed E-state index contributed by atoms with van der Waals surface area (Å²) >= 11 is 0. The number of furan rings is 1. The number of carbonyl (C=O) groups is 1. The fraction of sp³-hybridized carbons (Fsp3) is 0.400. The molecule has 0 aliphatic rings. The summed E-state index contributed by atoms with van der Waals surface area (Å²) in [4.78, 5) is 14.2. The number of benzene rings is 1. The van der Waals surface area contributed by atoms with Crippen LogP contribution in [-0.2, 0) is 6.54 Å². The summed E-state index contributed by atoms with van der Waals surface area (Å²) in [7, 11) is 3.96. The second-order valence-corrected chi connectivity index (χ2v) is 4.90. The molecule has 19 heavy (non-hydrogen) atoms. The van der Waals surface area contributed by atoms with Gasteiger partial charge in [0.15, 0.2) is 5.76 Å². The molecular formula is C15H20N2O2. The van der Waals surface area contributed by atoms with Crippen molar-refractivity contribution in [2.24, 2.45) is 0 Å². The summed E-state index contributed by atoms with van der Waals surface area (Å²) in [5, 5.41) is 3.88. The second kappa shape index (κ2) is 5.89. The summed E-state index contributed by atoms with van der Waals surface area (Å²) in [6.45, 7) is 3.38. The van der Waals surface area contributed by atoms with Crippen molar-refractivity contribution < 1.29 is 9.21 Å². The fourth-order valence-corrected chi connectivity index (χ4v) is 2.07. The van der Waals surface area contributed by atoms with Crippen molar-refractivity contribution >= 4 is 16.9 Å². The van der Waals surface area contributed by atoms with E-state index in [9.17, 15) is 4.79 Å². The standard InChI is InChI=1S/C15H20N2O2/c1-4-9-16-15(18)14-12(10-17(2)3)11-7-5-6-8-13(11)19-14/h5-8H,4,9-10H2,1-3H3,(H,16,18). The molecule has 0 saturated heterocycles. The van der Waals surface area contributed by atoms with E-state index in [1.807, 2.05) is 50.2 Å². The van der Waals surface area contributed by atoms with Crippen molar-refractivity contribution in [1.29, 1.82) is 0 Å². The molecule has 102 valence electrons. The predicted octanol–water partition coefficient (Wildman–Crippen LogP) is 2.63. The van der Waals surface area contributed by atoms with E-state index in [-0.39, 0.29) is 5.91 Å². The Labute approximate surface area is 113 Å². The van der Waals surface area contributed by atoms with Crippen molar-refractivity contribution in [3.63, 3.8) is 0 Å². The van der Waals surface area contributed by atoms with Crippen LogP contribution < -0.4 is 5.32 Å². The van der Waals surface area contributed by atoms with Gasteiger partial charge in [0.25, 0.3) is 5.91 Å². The van der Waals surface area contributed by atoms with E-state index in [2.05, 4.69) is 5.32 Å². The van der Waals surface area contributed by atoms with Crippen LogP contribution in [0.25, 0.3) is 11.0 Å². The SMILES string of the molecule is CCCNC(=O)c1oc2ccccc2c1CN(C)C. The molecule has 1 N–H and O–H groups in total. The van der Waals surface area contributed by atoms with Crippen LogP contribution in [0.3, 0.4) is 0 Å². The Kier molecular flexibility index (Phi) is 4.22. The van der Waals surface area contributed by atoms with Gasteiger partial charge in [-0.25, -0.2) is 0 Å². The van der Waals surface area contributed by atoms with Crippen LogP contribution in [0.1, 0.15) is 29.5 Å². The monoisotopic (exact) mass is 260 g/mol. The first-order chi connectivity index (χ1) is 9.13. The highest BCUT2D eigenvalue weighted by atomic mass is 16.3. The molecule has 1 heterocycles. The van der Waals surface area contributed by atoms with Crippen LogP contribution in [0.4, 0.5) is 0 Å². The van der Waals surface area contributed by atoms with E-state index in [0.29, 0.717) is 18.8 Å². The number of hydrogen-bond acceptors (Lipinski definition) is 3. The molecule has 0 saturated carbocycles. The Morgan fingerprint density at radius 1 is 1.32 bits per heavy atom. The number of amides is 1. The molecule has 0 unspecified atom stereocenters. The van der Waals surface area contributed by atoms with Gasteiger partial charge in [0.1, 0.15) is 5.58 Å². The molecule has 2 aromatic rings. The zero-order chi connectivity index (χ0) is 13.8. The first kappa shape index (κ1) is 13.6. The molecule has 0 spiro atoms. The highest BCUT2D eigenvalue weighted by molar-refractivity contribution is 5.99. The molecule has 0 bridgehead atoms. The van der Waals surface area contributed by atoms with E-state index < -0.39 is 0 Å². The molecule has 0 atom stereocenters. The second-order valence-electron chi connectivity index (χ2n) is 4.90. The highest BCUT2D eigenvalue weighted by Gasteiger charge is 2.20. The molecule has 0 radical (unpaired) electrons. The van der Waals surface area contributed by atoms with Gasteiger partial charge >= 0.3 is 0 Å². The minimum atomic E-state index is -0.130. The normalized spacial score (nSPS) is 11.2. The number of carbonyl (C=O) groups excluding carboxylic acids is 1. The third-order valence-electron chi connectivity index (χ3n) is 2.91. The molecule has 1 amide bonds. The number of fused-ring (bicyclic) bond motifs is 1. The summed E-state index contributed by atoms with van der Waals surface area (Å²) in [6, 6.07) is 7.77. The first-order valence-corrected chi connectivity index (χ1v) is 6.56. The largest absolute Gasteiger partial charge is 0.451 e. The number of para-hydroxylation sites is 1. The summed E-state index contributed by atoms with van der Waals surface area (Å²) < 4.78 is 5.72. The Hall–Kier alpha value is -1.81. The minimum absolute atomic E-state index is 0.130. The van der Waals surface area contributed by atoms with Crippen LogP contribution in [0.15, 0.2) is 28.7 Å². The number of nitrogens with one attached hydrogen (secondary N) is 1. The average Bonchev–Trinajstić information content (AvgIpc) is 2.74. The lowest BCUT2D eigenvalue weighted by Gasteiger charge is -2.10. The Morgan fingerprint density at radius 3 is 2.74 bits per heavy atom. The van der Waals surface area contributed by atoms with Crippen LogP contribution in [0, 0.1) is 0 Å². The van der Waals surface area contributed by atoms with Crippen molar-refractivity contribution in [3.05, 3.63) is 35.6 Å². The maximum absolute atomic E-state index is 12.2. The lowest BCUT2D eigenvalue weighted by molar-refractivity contribution is 0.0926. The zero-order valence-electron chi connectivity index (χ0n) is 11.7. The molecule has 0 aliphatic carbocycles. The van der Waals surface area contributed by atoms with Crippen LogP contribution in [0.5, 0.6) is 0 Å².